The van der Waals surface area contributed by atoms with Gasteiger partial charge in [0.05, 0.1) is 17.2 Å². The van der Waals surface area contributed by atoms with E-state index in [1.54, 1.807) is 13.0 Å². The van der Waals surface area contributed by atoms with Gasteiger partial charge in [0.2, 0.25) is 0 Å². The molecule has 2 aromatic rings. The lowest BCUT2D eigenvalue weighted by Gasteiger charge is -2.16. The SMILES string of the molecule is Cc1nc(C(=O)N2C[C@H](C(=O)O)[C@H](c3ccccc3)C2)ccc1C#N. The number of likely N-dealkylation sites (tertiary alicyclic amines) is 1. The van der Waals surface area contributed by atoms with Crippen LogP contribution in [0.3, 0.4) is 0 Å². The maximum absolute atomic E-state index is 12.7. The molecule has 1 N–H and O–H groups in total. The number of aliphatic carboxylic acids is 1. The molecule has 1 amide bonds. The number of pyridine rings is 1. The lowest BCUT2D eigenvalue weighted by molar-refractivity contribution is -0.141. The van der Waals surface area contributed by atoms with E-state index >= 15 is 0 Å². The van der Waals surface area contributed by atoms with Gasteiger partial charge in [-0.1, -0.05) is 30.3 Å². The molecule has 126 valence electrons. The minimum Gasteiger partial charge on any atom is -0.481 e. The molecule has 0 saturated carbocycles. The molecule has 1 aromatic heterocycles. The Hall–Kier alpha value is -3.20. The molecule has 2 atom stereocenters. The average Bonchev–Trinajstić information content (AvgIpc) is 3.07. The minimum atomic E-state index is -0.909. The number of nitrogens with zero attached hydrogens (tertiary/aromatic N) is 3. The lowest BCUT2D eigenvalue weighted by Crippen LogP contribution is -2.30. The molecule has 2 heterocycles. The molecule has 0 unspecified atom stereocenters. The van der Waals surface area contributed by atoms with Gasteiger partial charge < -0.3 is 10.0 Å². The van der Waals surface area contributed by atoms with Crippen LogP contribution in [0.2, 0.25) is 0 Å². The number of hydrogen-bond donors (Lipinski definition) is 1. The Morgan fingerprint density at radius 2 is 1.92 bits per heavy atom. The molecule has 6 nitrogen and oxygen atoms in total. The van der Waals surface area contributed by atoms with E-state index in [-0.39, 0.29) is 24.1 Å². The fraction of sp³-hybridized carbons (Fsp3) is 0.263. The molecule has 6 heteroatoms. The summed E-state index contributed by atoms with van der Waals surface area (Å²) >= 11 is 0. The topological polar surface area (TPSA) is 94.3 Å². The van der Waals surface area contributed by atoms with E-state index in [9.17, 15) is 14.7 Å². The van der Waals surface area contributed by atoms with Crippen molar-refractivity contribution in [2.24, 2.45) is 5.92 Å². The molecule has 1 aliphatic rings. The maximum Gasteiger partial charge on any atom is 0.308 e. The summed E-state index contributed by atoms with van der Waals surface area (Å²) in [6.45, 7) is 2.15. The van der Waals surface area contributed by atoms with Crippen LogP contribution in [-0.4, -0.2) is 40.0 Å². The van der Waals surface area contributed by atoms with Gasteiger partial charge in [0.25, 0.3) is 5.91 Å². The molecule has 0 aliphatic carbocycles. The highest BCUT2D eigenvalue weighted by Gasteiger charge is 2.40. The Morgan fingerprint density at radius 1 is 1.20 bits per heavy atom. The van der Waals surface area contributed by atoms with Crippen LogP contribution in [-0.2, 0) is 4.79 Å². The van der Waals surface area contributed by atoms with Gasteiger partial charge in [0.15, 0.2) is 0 Å². The first-order valence-corrected chi connectivity index (χ1v) is 7.96. The van der Waals surface area contributed by atoms with Gasteiger partial charge in [-0.2, -0.15) is 5.26 Å². The molecule has 0 bridgehead atoms. The molecule has 1 aromatic carbocycles. The van der Waals surface area contributed by atoms with Gasteiger partial charge in [0, 0.05) is 19.0 Å². The standard InChI is InChI=1S/C19H17N3O3/c1-12-14(9-20)7-8-17(21-12)18(23)22-10-15(16(11-22)19(24)25)13-5-3-2-4-6-13/h2-8,15-16H,10-11H2,1H3,(H,24,25)/t15-,16-/m0/s1. The van der Waals surface area contributed by atoms with Crippen molar-refractivity contribution in [2.45, 2.75) is 12.8 Å². The summed E-state index contributed by atoms with van der Waals surface area (Å²) in [5.41, 5.74) is 2.05. The average molecular weight is 335 g/mol. The van der Waals surface area contributed by atoms with Crippen molar-refractivity contribution in [2.75, 3.05) is 13.1 Å². The maximum atomic E-state index is 12.7. The molecule has 1 aliphatic heterocycles. The number of aryl methyl sites for hydroxylation is 1. The van der Waals surface area contributed by atoms with Crippen LogP contribution in [0.5, 0.6) is 0 Å². The highest BCUT2D eigenvalue weighted by atomic mass is 16.4. The van der Waals surface area contributed by atoms with Crippen molar-refractivity contribution in [3.8, 4) is 6.07 Å². The quantitative estimate of drug-likeness (QED) is 0.928. The van der Waals surface area contributed by atoms with E-state index in [0.717, 1.165) is 5.56 Å². The monoisotopic (exact) mass is 335 g/mol. The van der Waals surface area contributed by atoms with Crippen LogP contribution in [0.4, 0.5) is 0 Å². The molecular formula is C19H17N3O3. The number of hydrogen-bond acceptors (Lipinski definition) is 4. The third kappa shape index (κ3) is 3.22. The first-order chi connectivity index (χ1) is 12.0. The molecule has 1 saturated heterocycles. The van der Waals surface area contributed by atoms with Crippen molar-refractivity contribution >= 4 is 11.9 Å². The van der Waals surface area contributed by atoms with Crippen molar-refractivity contribution in [3.05, 3.63) is 65.0 Å². The van der Waals surface area contributed by atoms with Crippen LogP contribution >= 0.6 is 0 Å². The third-order valence-corrected chi connectivity index (χ3v) is 4.58. The Kier molecular flexibility index (Phi) is 4.48. The molecule has 1 fully saturated rings. The second-order valence-electron chi connectivity index (χ2n) is 6.11. The number of carboxylic acids is 1. The zero-order valence-corrected chi connectivity index (χ0v) is 13.7. The summed E-state index contributed by atoms with van der Waals surface area (Å²) < 4.78 is 0. The van der Waals surface area contributed by atoms with E-state index in [4.69, 9.17) is 5.26 Å². The van der Waals surface area contributed by atoms with Crippen LogP contribution in [0.25, 0.3) is 0 Å². The molecular weight excluding hydrogens is 318 g/mol. The fourth-order valence-corrected chi connectivity index (χ4v) is 3.22. The Morgan fingerprint density at radius 3 is 2.52 bits per heavy atom. The van der Waals surface area contributed by atoms with E-state index < -0.39 is 11.9 Å². The number of benzene rings is 1. The van der Waals surface area contributed by atoms with Gasteiger partial charge in [-0.15, -0.1) is 0 Å². The first-order valence-electron chi connectivity index (χ1n) is 7.96. The van der Waals surface area contributed by atoms with Gasteiger partial charge in [-0.05, 0) is 24.6 Å². The number of carboxylic acid groups (broad SMARTS) is 1. The zero-order chi connectivity index (χ0) is 18.0. The second kappa shape index (κ2) is 6.73. The van der Waals surface area contributed by atoms with Crippen molar-refractivity contribution in [3.63, 3.8) is 0 Å². The highest BCUT2D eigenvalue weighted by Crippen LogP contribution is 2.33. The van der Waals surface area contributed by atoms with Crippen molar-refractivity contribution < 1.29 is 14.7 Å². The summed E-state index contributed by atoms with van der Waals surface area (Å²) in [6.07, 6.45) is 0. The van der Waals surface area contributed by atoms with Gasteiger partial charge >= 0.3 is 5.97 Å². The first kappa shape index (κ1) is 16.7. The normalized spacial score (nSPS) is 19.4. The summed E-state index contributed by atoms with van der Waals surface area (Å²) in [4.78, 5) is 30.1. The highest BCUT2D eigenvalue weighted by molar-refractivity contribution is 5.93. The summed E-state index contributed by atoms with van der Waals surface area (Å²) in [5, 5.41) is 18.5. The predicted molar refractivity (Wildman–Crippen MR) is 89.9 cm³/mol. The molecule has 25 heavy (non-hydrogen) atoms. The fourth-order valence-electron chi connectivity index (χ4n) is 3.22. The third-order valence-electron chi connectivity index (χ3n) is 4.58. The summed E-state index contributed by atoms with van der Waals surface area (Å²) in [5.74, 6) is -2.11. The Labute approximate surface area is 145 Å². The molecule has 0 spiro atoms. The van der Waals surface area contributed by atoms with E-state index in [1.807, 2.05) is 36.4 Å². The van der Waals surface area contributed by atoms with E-state index in [1.165, 1.54) is 11.0 Å². The summed E-state index contributed by atoms with van der Waals surface area (Å²) in [7, 11) is 0. The number of carbonyl (C=O) groups excluding carboxylic acids is 1. The summed E-state index contributed by atoms with van der Waals surface area (Å²) in [6, 6.07) is 14.5. The lowest BCUT2D eigenvalue weighted by atomic mass is 9.89. The van der Waals surface area contributed by atoms with Crippen LogP contribution in [0.15, 0.2) is 42.5 Å². The van der Waals surface area contributed by atoms with Crippen LogP contribution in [0, 0.1) is 24.2 Å². The minimum absolute atomic E-state index is 0.147. The van der Waals surface area contributed by atoms with Crippen molar-refractivity contribution in [1.82, 2.24) is 9.88 Å². The number of aromatic nitrogens is 1. The van der Waals surface area contributed by atoms with Crippen LogP contribution in [0.1, 0.15) is 33.2 Å². The predicted octanol–water partition coefficient (Wildman–Crippen LogP) is 2.20. The van der Waals surface area contributed by atoms with Crippen LogP contribution < -0.4 is 0 Å². The largest absolute Gasteiger partial charge is 0.481 e. The zero-order valence-electron chi connectivity index (χ0n) is 13.7. The molecule has 3 rings (SSSR count). The van der Waals surface area contributed by atoms with Gasteiger partial charge in [-0.3, -0.25) is 9.59 Å². The second-order valence-corrected chi connectivity index (χ2v) is 6.11. The molecule has 0 radical (unpaired) electrons. The number of carbonyl (C=O) groups is 2. The number of amides is 1. The number of nitriles is 1. The smallest absolute Gasteiger partial charge is 0.308 e. The Bertz CT molecular complexity index is 858. The van der Waals surface area contributed by atoms with Crippen molar-refractivity contribution in [1.29, 1.82) is 5.26 Å². The van der Waals surface area contributed by atoms with Gasteiger partial charge in [-0.25, -0.2) is 4.98 Å². The van der Waals surface area contributed by atoms with Gasteiger partial charge in [0.1, 0.15) is 11.8 Å². The van der Waals surface area contributed by atoms with E-state index in [0.29, 0.717) is 17.8 Å². The number of rotatable bonds is 3. The van der Waals surface area contributed by atoms with E-state index in [2.05, 4.69) is 4.98 Å². The Balaban J connectivity index is 1.86.